The summed E-state index contributed by atoms with van der Waals surface area (Å²) in [5, 5.41) is -0.190. The molecule has 0 aliphatic rings. The van der Waals surface area contributed by atoms with Gasteiger partial charge in [-0.05, 0) is 13.0 Å². The average Bonchev–Trinajstić information content (AvgIpc) is 2.23. The third-order valence-corrected chi connectivity index (χ3v) is 2.57. The molecule has 0 bridgehead atoms. The molecule has 3 nitrogen and oxygen atoms in total. The highest BCUT2D eigenvalue weighted by Gasteiger charge is 2.19. The molecule has 94 valence electrons. The van der Waals surface area contributed by atoms with Crippen LogP contribution in [0.15, 0.2) is 6.07 Å². The number of aromatic nitrogens is 1. The molecule has 0 spiro atoms. The first-order chi connectivity index (χ1) is 7.95. The van der Waals surface area contributed by atoms with Crippen molar-refractivity contribution in [3.63, 3.8) is 0 Å². The van der Waals surface area contributed by atoms with E-state index in [9.17, 15) is 13.6 Å². The fraction of sp³-hybridized carbons (Fsp3) is 0.400. The van der Waals surface area contributed by atoms with Gasteiger partial charge in [0.1, 0.15) is 5.15 Å². The van der Waals surface area contributed by atoms with Gasteiger partial charge in [-0.15, -0.1) is 0 Å². The Bertz CT molecular complexity index is 427. The molecular weight excluding hydrogens is 275 g/mol. The number of rotatable bonds is 4. The van der Waals surface area contributed by atoms with Gasteiger partial charge in [-0.1, -0.05) is 23.2 Å². The Hall–Kier alpha value is -0.940. The lowest BCUT2D eigenvalue weighted by molar-refractivity contribution is -0.142. The highest BCUT2D eigenvalue weighted by molar-refractivity contribution is 6.41. The van der Waals surface area contributed by atoms with Crippen molar-refractivity contribution >= 4 is 29.2 Å². The summed E-state index contributed by atoms with van der Waals surface area (Å²) < 4.78 is 30.0. The van der Waals surface area contributed by atoms with Crippen LogP contribution in [-0.2, 0) is 16.0 Å². The Morgan fingerprint density at radius 2 is 2.18 bits per heavy atom. The molecule has 0 aliphatic carbocycles. The lowest BCUT2D eigenvalue weighted by Crippen LogP contribution is -2.11. The van der Waals surface area contributed by atoms with Gasteiger partial charge in [0.05, 0.1) is 23.7 Å². The van der Waals surface area contributed by atoms with E-state index < -0.39 is 18.0 Å². The first-order valence-electron chi connectivity index (χ1n) is 4.74. The maximum atomic E-state index is 12.7. The van der Waals surface area contributed by atoms with Crippen LogP contribution in [0, 0.1) is 0 Å². The fourth-order valence-corrected chi connectivity index (χ4v) is 1.51. The molecule has 7 heteroatoms. The summed E-state index contributed by atoms with van der Waals surface area (Å²) in [6, 6.07) is 1.01. The Morgan fingerprint density at radius 3 is 2.71 bits per heavy atom. The van der Waals surface area contributed by atoms with E-state index in [1.165, 1.54) is 0 Å². The zero-order chi connectivity index (χ0) is 13.0. The maximum Gasteiger partial charge on any atom is 0.311 e. The normalized spacial score (nSPS) is 10.7. The minimum atomic E-state index is -2.78. The van der Waals surface area contributed by atoms with Crippen molar-refractivity contribution in [2.45, 2.75) is 19.8 Å². The van der Waals surface area contributed by atoms with E-state index in [1.807, 2.05) is 0 Å². The fourth-order valence-electron chi connectivity index (χ4n) is 1.20. The molecule has 0 atom stereocenters. The quantitative estimate of drug-likeness (QED) is 0.628. The third-order valence-electron chi connectivity index (χ3n) is 1.90. The monoisotopic (exact) mass is 283 g/mol. The van der Waals surface area contributed by atoms with Crippen LogP contribution in [0.25, 0.3) is 0 Å². The molecule has 1 rings (SSSR count). The van der Waals surface area contributed by atoms with Gasteiger partial charge in [0.15, 0.2) is 0 Å². The van der Waals surface area contributed by atoms with Gasteiger partial charge < -0.3 is 4.74 Å². The van der Waals surface area contributed by atoms with Crippen molar-refractivity contribution in [3.05, 3.63) is 27.5 Å². The molecule has 0 unspecified atom stereocenters. The average molecular weight is 284 g/mol. The maximum absolute atomic E-state index is 12.7. The van der Waals surface area contributed by atoms with Crippen LogP contribution in [0.5, 0.6) is 0 Å². The second-order valence-corrected chi connectivity index (χ2v) is 3.84. The summed E-state index contributed by atoms with van der Waals surface area (Å²) in [5.41, 5.74) is -0.527. The lowest BCUT2D eigenvalue weighted by Gasteiger charge is -2.09. The highest BCUT2D eigenvalue weighted by atomic mass is 35.5. The standard InChI is InChI=1S/C10H9Cl2F2NO2/c1-2-17-8(16)4-7-5(10(13)14)3-6(11)9(12)15-7/h3,10H,2,4H2,1H3. The number of carbonyl (C=O) groups is 1. The largest absolute Gasteiger partial charge is 0.466 e. The Labute approximate surface area is 107 Å². The van der Waals surface area contributed by atoms with Gasteiger partial charge in [0, 0.05) is 5.56 Å². The SMILES string of the molecule is CCOC(=O)Cc1nc(Cl)c(Cl)cc1C(F)F. The molecule has 1 aromatic rings. The second-order valence-electron chi connectivity index (χ2n) is 3.08. The third kappa shape index (κ3) is 3.78. The van der Waals surface area contributed by atoms with Crippen LogP contribution in [0.3, 0.4) is 0 Å². The van der Waals surface area contributed by atoms with E-state index in [0.717, 1.165) is 6.07 Å². The van der Waals surface area contributed by atoms with Gasteiger partial charge >= 0.3 is 5.97 Å². The van der Waals surface area contributed by atoms with E-state index >= 15 is 0 Å². The number of esters is 1. The van der Waals surface area contributed by atoms with E-state index in [0.29, 0.717) is 0 Å². The highest BCUT2D eigenvalue weighted by Crippen LogP contribution is 2.29. The van der Waals surface area contributed by atoms with Gasteiger partial charge in [-0.3, -0.25) is 4.79 Å². The van der Waals surface area contributed by atoms with Crippen LogP contribution < -0.4 is 0 Å². The Balaban J connectivity index is 3.04. The van der Waals surface area contributed by atoms with E-state index in [-0.39, 0.29) is 28.9 Å². The van der Waals surface area contributed by atoms with Crippen molar-refractivity contribution in [3.8, 4) is 0 Å². The van der Waals surface area contributed by atoms with Crippen LogP contribution in [0.1, 0.15) is 24.6 Å². The molecule has 1 aromatic heterocycles. The van der Waals surface area contributed by atoms with Crippen LogP contribution >= 0.6 is 23.2 Å². The van der Waals surface area contributed by atoms with Gasteiger partial charge in [-0.2, -0.15) is 0 Å². The zero-order valence-electron chi connectivity index (χ0n) is 8.84. The number of pyridine rings is 1. The van der Waals surface area contributed by atoms with Crippen LogP contribution in [-0.4, -0.2) is 17.6 Å². The van der Waals surface area contributed by atoms with Crippen molar-refractivity contribution in [2.75, 3.05) is 6.61 Å². The zero-order valence-corrected chi connectivity index (χ0v) is 10.4. The summed E-state index contributed by atoms with van der Waals surface area (Å²) in [7, 11) is 0. The molecule has 0 aromatic carbocycles. The van der Waals surface area contributed by atoms with Gasteiger partial charge in [-0.25, -0.2) is 13.8 Å². The Morgan fingerprint density at radius 1 is 1.53 bits per heavy atom. The summed E-state index contributed by atoms with van der Waals surface area (Å²) in [5.74, 6) is -0.639. The minimum absolute atomic E-state index is 0.0745. The number of ether oxygens (including phenoxy) is 1. The summed E-state index contributed by atoms with van der Waals surface area (Å²) >= 11 is 11.2. The first kappa shape index (κ1) is 14.1. The number of hydrogen-bond donors (Lipinski definition) is 0. The van der Waals surface area contributed by atoms with E-state index in [2.05, 4.69) is 9.72 Å². The molecule has 0 saturated heterocycles. The molecule has 0 amide bonds. The molecular formula is C10H9Cl2F2NO2. The molecule has 17 heavy (non-hydrogen) atoms. The smallest absolute Gasteiger partial charge is 0.311 e. The molecule has 1 heterocycles. The number of nitrogens with zero attached hydrogens (tertiary/aromatic N) is 1. The molecule has 0 saturated carbocycles. The van der Waals surface area contributed by atoms with E-state index in [1.54, 1.807) is 6.92 Å². The van der Waals surface area contributed by atoms with Gasteiger partial charge in [0.2, 0.25) is 0 Å². The van der Waals surface area contributed by atoms with Crippen molar-refractivity contribution in [1.82, 2.24) is 4.98 Å². The number of halogens is 4. The molecule has 0 fully saturated rings. The number of carbonyl (C=O) groups excluding carboxylic acids is 1. The van der Waals surface area contributed by atoms with Gasteiger partial charge in [0.25, 0.3) is 6.43 Å². The number of alkyl halides is 2. The number of hydrogen-bond acceptors (Lipinski definition) is 3. The van der Waals surface area contributed by atoms with Crippen molar-refractivity contribution < 1.29 is 18.3 Å². The topological polar surface area (TPSA) is 39.2 Å². The molecule has 0 N–H and O–H groups in total. The summed E-state index contributed by atoms with van der Waals surface area (Å²) in [6.07, 6.45) is -3.13. The predicted molar refractivity (Wildman–Crippen MR) is 59.6 cm³/mol. The molecule has 0 radical (unpaired) electrons. The van der Waals surface area contributed by atoms with Crippen molar-refractivity contribution in [1.29, 1.82) is 0 Å². The predicted octanol–water partition coefficient (Wildman–Crippen LogP) is 3.43. The first-order valence-corrected chi connectivity index (χ1v) is 5.49. The second kappa shape index (κ2) is 6.12. The summed E-state index contributed by atoms with van der Waals surface area (Å²) in [6.45, 7) is 1.79. The minimum Gasteiger partial charge on any atom is -0.466 e. The van der Waals surface area contributed by atoms with Crippen LogP contribution in [0.2, 0.25) is 10.2 Å². The Kier molecular flexibility index (Phi) is 5.08. The lowest BCUT2D eigenvalue weighted by atomic mass is 10.1. The van der Waals surface area contributed by atoms with Crippen molar-refractivity contribution in [2.24, 2.45) is 0 Å². The molecule has 0 aliphatic heterocycles. The van der Waals surface area contributed by atoms with E-state index in [4.69, 9.17) is 23.2 Å². The van der Waals surface area contributed by atoms with Crippen LogP contribution in [0.4, 0.5) is 8.78 Å². The summed E-state index contributed by atoms with van der Waals surface area (Å²) in [4.78, 5) is 14.9.